The lowest BCUT2D eigenvalue weighted by molar-refractivity contribution is 0.202. The molecule has 2 rings (SSSR count). The molecule has 2 N–H and O–H groups in total. The minimum atomic E-state index is 0.498. The van der Waals surface area contributed by atoms with Gasteiger partial charge in [0.15, 0.2) is 5.82 Å². The molecule has 1 aromatic heterocycles. The molecule has 20 heavy (non-hydrogen) atoms. The van der Waals surface area contributed by atoms with Crippen LogP contribution in [-0.4, -0.2) is 36.1 Å². The Morgan fingerprint density at radius 2 is 2.20 bits per heavy atom. The first-order valence-electron chi connectivity index (χ1n) is 7.67. The van der Waals surface area contributed by atoms with Crippen LogP contribution in [0.3, 0.4) is 0 Å². The molecule has 0 spiro atoms. The summed E-state index contributed by atoms with van der Waals surface area (Å²) in [5, 5.41) is 4.60. The zero-order valence-corrected chi connectivity index (χ0v) is 13.2. The van der Waals surface area contributed by atoms with Crippen LogP contribution in [0.25, 0.3) is 0 Å². The molecule has 0 radical (unpaired) electrons. The van der Waals surface area contributed by atoms with E-state index in [2.05, 4.69) is 23.8 Å². The quantitative estimate of drug-likeness (QED) is 0.793. The molecule has 1 heterocycles. The Morgan fingerprint density at radius 1 is 1.50 bits per heavy atom. The van der Waals surface area contributed by atoms with Crippen molar-refractivity contribution >= 4 is 11.5 Å². The number of nitrogens with two attached hydrogens (primary N) is 1. The molecule has 1 unspecified atom stereocenters. The number of nitrogen functional groups attached to an aromatic ring is 1. The molecular weight excluding hydrogens is 252 g/mol. The van der Waals surface area contributed by atoms with Gasteiger partial charge in [-0.1, -0.05) is 13.3 Å². The molecule has 0 saturated heterocycles. The lowest BCUT2D eigenvalue weighted by Crippen LogP contribution is -2.39. The van der Waals surface area contributed by atoms with Gasteiger partial charge in [0.2, 0.25) is 0 Å². The highest BCUT2D eigenvalue weighted by molar-refractivity contribution is 5.67. The third kappa shape index (κ3) is 3.08. The van der Waals surface area contributed by atoms with E-state index in [1.807, 2.05) is 11.7 Å². The number of hydrogen-bond donors (Lipinski definition) is 1. The van der Waals surface area contributed by atoms with Crippen molar-refractivity contribution in [2.45, 2.75) is 45.6 Å². The van der Waals surface area contributed by atoms with Gasteiger partial charge in [0.25, 0.3) is 0 Å². The molecule has 0 aliphatic heterocycles. The maximum atomic E-state index is 6.36. The van der Waals surface area contributed by atoms with E-state index in [0.29, 0.717) is 12.6 Å². The first-order valence-corrected chi connectivity index (χ1v) is 7.67. The summed E-state index contributed by atoms with van der Waals surface area (Å²) in [7, 11) is 3.74. The van der Waals surface area contributed by atoms with E-state index in [9.17, 15) is 0 Å². The average molecular weight is 280 g/mol. The van der Waals surface area contributed by atoms with Crippen molar-refractivity contribution in [2.24, 2.45) is 13.0 Å². The number of methoxy groups -OCH3 is 1. The van der Waals surface area contributed by atoms with E-state index in [1.54, 1.807) is 7.11 Å². The second-order valence-corrected chi connectivity index (χ2v) is 5.82. The van der Waals surface area contributed by atoms with Crippen LogP contribution in [0.1, 0.15) is 38.8 Å². The predicted octanol–water partition coefficient (Wildman–Crippen LogP) is 2.21. The lowest BCUT2D eigenvalue weighted by Gasteiger charge is -2.31. The van der Waals surface area contributed by atoms with Crippen LogP contribution >= 0.6 is 0 Å². The molecule has 0 amide bonds. The van der Waals surface area contributed by atoms with Crippen molar-refractivity contribution in [3.8, 4) is 0 Å². The molecule has 1 aliphatic rings. The summed E-state index contributed by atoms with van der Waals surface area (Å²) in [5.41, 5.74) is 8.22. The van der Waals surface area contributed by atoms with E-state index in [-0.39, 0.29) is 0 Å². The Bertz CT molecular complexity index is 439. The van der Waals surface area contributed by atoms with Crippen molar-refractivity contribution < 1.29 is 4.74 Å². The fourth-order valence-electron chi connectivity index (χ4n) is 2.87. The first kappa shape index (κ1) is 15.2. The SMILES string of the molecule is CCCc1nn(C)c(N(CCOC)C(C)C2CC2)c1N. The topological polar surface area (TPSA) is 56.3 Å². The van der Waals surface area contributed by atoms with Gasteiger partial charge in [0, 0.05) is 26.7 Å². The second kappa shape index (κ2) is 6.48. The zero-order valence-electron chi connectivity index (χ0n) is 13.2. The van der Waals surface area contributed by atoms with Crippen molar-refractivity contribution in [1.82, 2.24) is 9.78 Å². The summed E-state index contributed by atoms with van der Waals surface area (Å²) < 4.78 is 7.21. The monoisotopic (exact) mass is 280 g/mol. The van der Waals surface area contributed by atoms with Gasteiger partial charge in [-0.25, -0.2) is 0 Å². The largest absolute Gasteiger partial charge is 0.394 e. The molecule has 1 aromatic rings. The number of hydrogen-bond acceptors (Lipinski definition) is 4. The minimum absolute atomic E-state index is 0.498. The van der Waals surface area contributed by atoms with Gasteiger partial charge in [-0.3, -0.25) is 4.68 Å². The van der Waals surface area contributed by atoms with Crippen LogP contribution in [0.15, 0.2) is 0 Å². The maximum absolute atomic E-state index is 6.36. The average Bonchev–Trinajstić information content (AvgIpc) is 3.22. The highest BCUT2D eigenvalue weighted by atomic mass is 16.5. The molecule has 0 bridgehead atoms. The summed E-state index contributed by atoms with van der Waals surface area (Å²) in [5.74, 6) is 1.85. The smallest absolute Gasteiger partial charge is 0.150 e. The number of ether oxygens (including phenoxy) is 1. The number of nitrogens with zero attached hydrogens (tertiary/aromatic N) is 3. The molecule has 5 nitrogen and oxygen atoms in total. The van der Waals surface area contributed by atoms with Crippen molar-refractivity contribution in [2.75, 3.05) is 30.9 Å². The van der Waals surface area contributed by atoms with Crippen molar-refractivity contribution in [1.29, 1.82) is 0 Å². The van der Waals surface area contributed by atoms with Crippen LogP contribution in [0, 0.1) is 5.92 Å². The number of aromatic nitrogens is 2. The summed E-state index contributed by atoms with van der Waals surface area (Å²) in [4.78, 5) is 2.38. The van der Waals surface area contributed by atoms with Crippen LogP contribution < -0.4 is 10.6 Å². The Morgan fingerprint density at radius 3 is 2.75 bits per heavy atom. The number of aryl methyl sites for hydroxylation is 2. The Balaban J connectivity index is 2.26. The van der Waals surface area contributed by atoms with Gasteiger partial charge in [-0.2, -0.15) is 5.10 Å². The summed E-state index contributed by atoms with van der Waals surface area (Å²) in [6, 6.07) is 0.498. The van der Waals surface area contributed by atoms with E-state index in [4.69, 9.17) is 10.5 Å². The zero-order chi connectivity index (χ0) is 14.7. The van der Waals surface area contributed by atoms with E-state index in [0.717, 1.165) is 42.5 Å². The molecule has 1 fully saturated rings. The molecular formula is C15H28N4O. The van der Waals surface area contributed by atoms with Gasteiger partial charge in [0.1, 0.15) is 0 Å². The Hall–Kier alpha value is -1.23. The Labute approximate surface area is 122 Å². The highest BCUT2D eigenvalue weighted by Crippen LogP contribution is 2.38. The first-order chi connectivity index (χ1) is 9.60. The molecule has 1 atom stereocenters. The molecule has 1 aliphatic carbocycles. The summed E-state index contributed by atoms with van der Waals surface area (Å²) in [6.07, 6.45) is 4.65. The maximum Gasteiger partial charge on any atom is 0.150 e. The predicted molar refractivity (Wildman–Crippen MR) is 83.0 cm³/mol. The number of anilines is 2. The molecule has 5 heteroatoms. The van der Waals surface area contributed by atoms with Crippen molar-refractivity contribution in [3.05, 3.63) is 5.69 Å². The van der Waals surface area contributed by atoms with Gasteiger partial charge < -0.3 is 15.4 Å². The van der Waals surface area contributed by atoms with Gasteiger partial charge in [0.05, 0.1) is 18.0 Å². The van der Waals surface area contributed by atoms with Crippen molar-refractivity contribution in [3.63, 3.8) is 0 Å². The molecule has 114 valence electrons. The van der Waals surface area contributed by atoms with Crippen LogP contribution in [0.5, 0.6) is 0 Å². The van der Waals surface area contributed by atoms with E-state index < -0.39 is 0 Å². The van der Waals surface area contributed by atoms with Crippen LogP contribution in [0.4, 0.5) is 11.5 Å². The molecule has 1 saturated carbocycles. The van der Waals surface area contributed by atoms with E-state index in [1.165, 1.54) is 12.8 Å². The molecule has 0 aromatic carbocycles. The summed E-state index contributed by atoms with van der Waals surface area (Å²) in [6.45, 7) is 6.02. The fourth-order valence-corrected chi connectivity index (χ4v) is 2.87. The minimum Gasteiger partial charge on any atom is -0.394 e. The Kier molecular flexibility index (Phi) is 4.91. The lowest BCUT2D eigenvalue weighted by atomic mass is 10.1. The third-order valence-electron chi connectivity index (χ3n) is 4.22. The fraction of sp³-hybridized carbons (Fsp3) is 0.800. The standard InChI is InChI=1S/C15H28N4O/c1-5-6-13-14(16)15(18(3)17-13)19(9-10-20-4)11(2)12-7-8-12/h11-12H,5-10,16H2,1-4H3. The highest BCUT2D eigenvalue weighted by Gasteiger charge is 2.34. The van der Waals surface area contributed by atoms with Gasteiger partial charge in [-0.15, -0.1) is 0 Å². The third-order valence-corrected chi connectivity index (χ3v) is 4.22. The normalized spacial score (nSPS) is 16.4. The van der Waals surface area contributed by atoms with Crippen LogP contribution in [0.2, 0.25) is 0 Å². The summed E-state index contributed by atoms with van der Waals surface area (Å²) >= 11 is 0. The second-order valence-electron chi connectivity index (χ2n) is 5.82. The van der Waals surface area contributed by atoms with Gasteiger partial charge in [-0.05, 0) is 32.1 Å². The number of rotatable bonds is 8. The van der Waals surface area contributed by atoms with Crippen LogP contribution in [-0.2, 0) is 18.2 Å². The van der Waals surface area contributed by atoms with Gasteiger partial charge >= 0.3 is 0 Å². The van der Waals surface area contributed by atoms with E-state index >= 15 is 0 Å².